The lowest BCUT2D eigenvalue weighted by Gasteiger charge is -2.26. The summed E-state index contributed by atoms with van der Waals surface area (Å²) in [6.07, 6.45) is 1.62. The number of carbonyl (C=O) groups is 1. The maximum absolute atomic E-state index is 14.2. The van der Waals surface area contributed by atoms with Gasteiger partial charge in [-0.25, -0.2) is 9.79 Å². The van der Waals surface area contributed by atoms with Crippen LogP contribution in [0.4, 0.5) is 0 Å². The molecule has 5 rings (SSSR count). The van der Waals surface area contributed by atoms with E-state index in [4.69, 9.17) is 25.8 Å². The number of benzene rings is 3. The molecule has 0 bridgehead atoms. The van der Waals surface area contributed by atoms with Gasteiger partial charge in [0.2, 0.25) is 0 Å². The summed E-state index contributed by atoms with van der Waals surface area (Å²) in [6, 6.07) is 17.9. The van der Waals surface area contributed by atoms with Crippen molar-refractivity contribution in [3.63, 3.8) is 0 Å². The Bertz CT molecular complexity index is 1930. The molecule has 2 heterocycles. The number of nitrogens with zero attached hydrogens (tertiary/aromatic N) is 2. The number of aromatic nitrogens is 1. The first-order valence-corrected chi connectivity index (χ1v) is 16.7. The van der Waals surface area contributed by atoms with Gasteiger partial charge in [-0.3, -0.25) is 9.36 Å². The Morgan fingerprint density at radius 3 is 2.57 bits per heavy atom. The van der Waals surface area contributed by atoms with Crippen LogP contribution in [0.25, 0.3) is 6.08 Å². The third-order valence-electron chi connectivity index (χ3n) is 6.71. The van der Waals surface area contributed by atoms with Gasteiger partial charge in [0.1, 0.15) is 24.1 Å². The van der Waals surface area contributed by atoms with Crippen molar-refractivity contribution in [2.45, 2.75) is 46.4 Å². The Hall–Kier alpha value is -3.18. The molecule has 1 aliphatic heterocycles. The molecule has 0 unspecified atom stereocenters. The van der Waals surface area contributed by atoms with Crippen LogP contribution < -0.4 is 24.4 Å². The molecule has 0 amide bonds. The summed E-state index contributed by atoms with van der Waals surface area (Å²) in [6.45, 7) is 7.84. The monoisotopic (exact) mass is 758 g/mol. The van der Waals surface area contributed by atoms with Crippen molar-refractivity contribution < 1.29 is 19.0 Å². The number of halogens is 3. The van der Waals surface area contributed by atoms with Crippen molar-refractivity contribution in [1.29, 1.82) is 0 Å². The van der Waals surface area contributed by atoms with Crippen molar-refractivity contribution in [2.75, 3.05) is 6.61 Å². The minimum absolute atomic E-state index is 0.125. The minimum atomic E-state index is -0.804. The van der Waals surface area contributed by atoms with E-state index in [1.165, 1.54) is 11.3 Å². The molecule has 11 heteroatoms. The molecule has 3 aromatic carbocycles. The molecule has 0 radical (unpaired) electrons. The molecule has 0 aliphatic carbocycles. The van der Waals surface area contributed by atoms with E-state index in [1.54, 1.807) is 36.6 Å². The van der Waals surface area contributed by atoms with E-state index in [0.29, 0.717) is 53.8 Å². The van der Waals surface area contributed by atoms with E-state index in [1.807, 2.05) is 62.4 Å². The average molecular weight is 761 g/mol. The van der Waals surface area contributed by atoms with Crippen LogP contribution in [-0.2, 0) is 16.1 Å². The van der Waals surface area contributed by atoms with Crippen LogP contribution in [0.15, 0.2) is 90.7 Å². The second-order valence-electron chi connectivity index (χ2n) is 10.2. The van der Waals surface area contributed by atoms with Crippen molar-refractivity contribution >= 4 is 66.8 Å². The van der Waals surface area contributed by atoms with Gasteiger partial charge in [-0.05, 0) is 85.6 Å². The summed E-state index contributed by atoms with van der Waals surface area (Å²) in [7, 11) is 0. The molecule has 0 fully saturated rings. The number of carbonyl (C=O) groups excluding carboxylic acids is 1. The fraction of sp³-hybridized carbons (Fsp3) is 0.242. The van der Waals surface area contributed by atoms with E-state index in [9.17, 15) is 9.59 Å². The molecule has 228 valence electrons. The summed E-state index contributed by atoms with van der Waals surface area (Å²) >= 11 is 14.7. The summed E-state index contributed by atoms with van der Waals surface area (Å²) in [5.74, 6) is 0.578. The van der Waals surface area contributed by atoms with Crippen LogP contribution in [0.1, 0.15) is 50.4 Å². The summed E-state index contributed by atoms with van der Waals surface area (Å²) in [5, 5.41) is 0.477. The van der Waals surface area contributed by atoms with Crippen molar-refractivity contribution in [3.8, 4) is 11.5 Å². The van der Waals surface area contributed by atoms with Gasteiger partial charge >= 0.3 is 5.97 Å². The van der Waals surface area contributed by atoms with Crippen LogP contribution in [0.5, 0.6) is 11.5 Å². The van der Waals surface area contributed by atoms with Crippen LogP contribution in [0, 0.1) is 0 Å². The van der Waals surface area contributed by atoms with Gasteiger partial charge in [0.25, 0.3) is 5.56 Å². The van der Waals surface area contributed by atoms with Crippen LogP contribution in [0.3, 0.4) is 0 Å². The lowest BCUT2D eigenvalue weighted by atomic mass is 9.95. The first-order chi connectivity index (χ1) is 21.1. The number of rotatable bonds is 9. The quantitative estimate of drug-likeness (QED) is 0.167. The predicted octanol–water partition coefficient (Wildman–Crippen LogP) is 7.34. The van der Waals surface area contributed by atoms with E-state index in [0.717, 1.165) is 10.0 Å². The Kier molecular flexibility index (Phi) is 10.1. The molecule has 1 atom stereocenters. The standard InChI is InChI=1S/C33H29Br2ClN2O5S/c1-5-41-32(40)28-19(4)37-33-38(29(28)24-8-6-7-9-26(24)43-18(2)3)31(39)27(44-33)15-21-14-23(36)16-25(35)30(21)42-17-20-10-12-22(34)13-11-20/h6-16,18,29H,5,17H2,1-4H3/b27-15-/t29-/m0/s1. The second-order valence-corrected chi connectivity index (χ2v) is 13.4. The number of para-hydroxylation sites is 1. The smallest absolute Gasteiger partial charge is 0.338 e. The third-order valence-corrected chi connectivity index (χ3v) is 9.03. The molecule has 44 heavy (non-hydrogen) atoms. The minimum Gasteiger partial charge on any atom is -0.491 e. The summed E-state index contributed by atoms with van der Waals surface area (Å²) in [5.41, 5.74) is 2.70. The van der Waals surface area contributed by atoms with Crippen LogP contribution in [-0.4, -0.2) is 23.2 Å². The lowest BCUT2D eigenvalue weighted by Crippen LogP contribution is -2.40. The SMILES string of the molecule is CCOC(=O)C1=C(C)N=c2s/c(=C\c3cc(Cl)cc(Br)c3OCc3ccc(Br)cc3)c(=O)n2[C@H]1c1ccccc1OC(C)C. The molecule has 1 aliphatic rings. The Morgan fingerprint density at radius 1 is 1.14 bits per heavy atom. The predicted molar refractivity (Wildman–Crippen MR) is 180 cm³/mol. The zero-order chi connectivity index (χ0) is 31.5. The van der Waals surface area contributed by atoms with Gasteiger partial charge in [-0.1, -0.05) is 69.2 Å². The second kappa shape index (κ2) is 13.9. The molecule has 1 aromatic heterocycles. The molecular formula is C33H29Br2ClN2O5S. The Morgan fingerprint density at radius 2 is 1.86 bits per heavy atom. The molecular weight excluding hydrogens is 732 g/mol. The van der Waals surface area contributed by atoms with Crippen molar-refractivity contribution in [1.82, 2.24) is 4.57 Å². The molecule has 4 aromatic rings. The van der Waals surface area contributed by atoms with Crippen molar-refractivity contribution in [3.05, 3.63) is 122 Å². The fourth-order valence-corrected chi connectivity index (χ4v) is 7.12. The summed E-state index contributed by atoms with van der Waals surface area (Å²) < 4.78 is 21.4. The number of allylic oxidation sites excluding steroid dienone is 1. The number of fused-ring (bicyclic) bond motifs is 1. The van der Waals surface area contributed by atoms with Crippen LogP contribution >= 0.6 is 54.8 Å². The Labute approximate surface area is 280 Å². The van der Waals surface area contributed by atoms with Gasteiger partial charge in [0, 0.05) is 20.6 Å². The van der Waals surface area contributed by atoms with Gasteiger partial charge in [0.15, 0.2) is 4.80 Å². The van der Waals surface area contributed by atoms with Crippen molar-refractivity contribution in [2.24, 2.45) is 4.99 Å². The maximum atomic E-state index is 14.2. The number of hydrogen-bond acceptors (Lipinski definition) is 7. The lowest BCUT2D eigenvalue weighted by molar-refractivity contribution is -0.139. The van der Waals surface area contributed by atoms with Gasteiger partial charge in [-0.15, -0.1) is 0 Å². The average Bonchev–Trinajstić information content (AvgIpc) is 3.26. The first kappa shape index (κ1) is 32.2. The Balaban J connectivity index is 1.67. The summed E-state index contributed by atoms with van der Waals surface area (Å²) in [4.78, 5) is 32.7. The molecule has 7 nitrogen and oxygen atoms in total. The number of thiazole rings is 1. The van der Waals surface area contributed by atoms with Gasteiger partial charge < -0.3 is 14.2 Å². The fourth-order valence-electron chi connectivity index (χ4n) is 4.87. The van der Waals surface area contributed by atoms with E-state index < -0.39 is 12.0 Å². The highest BCUT2D eigenvalue weighted by molar-refractivity contribution is 9.10. The van der Waals surface area contributed by atoms with E-state index in [-0.39, 0.29) is 23.8 Å². The molecule has 0 spiro atoms. The zero-order valence-electron chi connectivity index (χ0n) is 24.4. The molecule has 0 N–H and O–H groups in total. The van der Waals surface area contributed by atoms with E-state index in [2.05, 4.69) is 36.9 Å². The largest absolute Gasteiger partial charge is 0.491 e. The number of ether oxygens (including phenoxy) is 3. The first-order valence-electron chi connectivity index (χ1n) is 13.9. The number of esters is 1. The highest BCUT2D eigenvalue weighted by atomic mass is 79.9. The van der Waals surface area contributed by atoms with E-state index >= 15 is 0 Å². The maximum Gasteiger partial charge on any atom is 0.338 e. The topological polar surface area (TPSA) is 79.1 Å². The number of hydrogen-bond donors (Lipinski definition) is 0. The highest BCUT2D eigenvalue weighted by Gasteiger charge is 2.35. The third kappa shape index (κ3) is 6.88. The zero-order valence-corrected chi connectivity index (χ0v) is 29.1. The molecule has 0 saturated heterocycles. The van der Waals surface area contributed by atoms with Crippen LogP contribution in [0.2, 0.25) is 5.02 Å². The van der Waals surface area contributed by atoms with Gasteiger partial charge in [0.05, 0.1) is 33.0 Å². The molecule has 0 saturated carbocycles. The normalized spacial score (nSPS) is 14.8. The van der Waals surface area contributed by atoms with Gasteiger partial charge in [-0.2, -0.15) is 0 Å². The highest BCUT2D eigenvalue weighted by Crippen LogP contribution is 2.37.